The number of para-hydroxylation sites is 2. The SMILES string of the molecule is CC.COc1ccccc1Oc1ccc(N2C(=O)Nc3c(C(=O)O)sc4nccc2c34)c(C)c1. The van der Waals surface area contributed by atoms with Gasteiger partial charge in [0.2, 0.25) is 0 Å². The van der Waals surface area contributed by atoms with Gasteiger partial charge in [0.05, 0.1) is 29.6 Å². The van der Waals surface area contributed by atoms with Crippen LogP contribution in [-0.4, -0.2) is 29.2 Å². The van der Waals surface area contributed by atoms with Gasteiger partial charge < -0.3 is 19.9 Å². The highest BCUT2D eigenvalue weighted by Crippen LogP contribution is 2.46. The molecule has 2 N–H and O–H groups in total. The molecule has 0 fully saturated rings. The topological polar surface area (TPSA) is 101 Å². The molecule has 2 amide bonds. The molecule has 0 aliphatic carbocycles. The van der Waals surface area contributed by atoms with E-state index in [4.69, 9.17) is 9.47 Å². The van der Waals surface area contributed by atoms with E-state index in [0.717, 1.165) is 16.9 Å². The van der Waals surface area contributed by atoms with Crippen molar-refractivity contribution < 1.29 is 24.2 Å². The third-order valence-corrected chi connectivity index (χ3v) is 6.23. The summed E-state index contributed by atoms with van der Waals surface area (Å²) in [6.45, 7) is 5.88. The zero-order chi connectivity index (χ0) is 24.4. The second-order valence-corrected chi connectivity index (χ2v) is 8.09. The van der Waals surface area contributed by atoms with Crippen molar-refractivity contribution in [2.75, 3.05) is 17.3 Å². The monoisotopic (exact) mass is 477 g/mol. The Labute approximate surface area is 200 Å². The zero-order valence-electron chi connectivity index (χ0n) is 19.1. The molecule has 9 heteroatoms. The molecule has 4 aromatic rings. The molecular weight excluding hydrogens is 454 g/mol. The lowest BCUT2D eigenvalue weighted by atomic mass is 10.1. The Morgan fingerprint density at radius 2 is 1.82 bits per heavy atom. The molecule has 3 heterocycles. The fourth-order valence-electron chi connectivity index (χ4n) is 3.75. The summed E-state index contributed by atoms with van der Waals surface area (Å²) in [6.07, 6.45) is 1.57. The van der Waals surface area contributed by atoms with E-state index in [2.05, 4.69) is 10.3 Å². The molecule has 2 aromatic heterocycles. The standard InChI is InChI=1S/C23H17N3O5S.C2H6/c1-12-11-13(31-17-6-4-3-5-16(17)30-2)7-8-14(12)26-15-9-10-24-21-18(15)19(25-23(26)29)20(32-21)22(27)28;1-2/h3-11H,1-2H3,(H,25,29)(H,27,28);1-2H3. The van der Waals surface area contributed by atoms with E-state index in [0.29, 0.717) is 38.8 Å². The number of rotatable bonds is 5. The lowest BCUT2D eigenvalue weighted by Crippen LogP contribution is -2.34. The van der Waals surface area contributed by atoms with Gasteiger partial charge in [0.25, 0.3) is 0 Å². The number of nitrogens with zero attached hydrogens (tertiary/aromatic N) is 2. The van der Waals surface area contributed by atoms with E-state index >= 15 is 0 Å². The maximum atomic E-state index is 13.0. The van der Waals surface area contributed by atoms with E-state index in [1.165, 1.54) is 4.90 Å². The highest BCUT2D eigenvalue weighted by atomic mass is 32.1. The van der Waals surface area contributed by atoms with Crippen LogP contribution in [0.1, 0.15) is 29.1 Å². The average Bonchev–Trinajstić information content (AvgIpc) is 3.22. The molecule has 2 aromatic carbocycles. The van der Waals surface area contributed by atoms with Crippen molar-refractivity contribution in [3.05, 3.63) is 65.2 Å². The number of pyridine rings is 1. The molecule has 0 bridgehead atoms. The van der Waals surface area contributed by atoms with Crippen LogP contribution in [-0.2, 0) is 0 Å². The maximum absolute atomic E-state index is 13.0. The number of hydrogen-bond acceptors (Lipinski definition) is 6. The summed E-state index contributed by atoms with van der Waals surface area (Å²) in [6, 6.07) is 14.0. The summed E-state index contributed by atoms with van der Waals surface area (Å²) < 4.78 is 11.3. The number of carbonyl (C=O) groups excluding carboxylic acids is 1. The quantitative estimate of drug-likeness (QED) is 0.327. The maximum Gasteiger partial charge on any atom is 0.348 e. The minimum Gasteiger partial charge on any atom is -0.493 e. The van der Waals surface area contributed by atoms with Crippen LogP contribution < -0.4 is 19.7 Å². The summed E-state index contributed by atoms with van der Waals surface area (Å²) in [7, 11) is 1.58. The van der Waals surface area contributed by atoms with Gasteiger partial charge >= 0.3 is 12.0 Å². The summed E-state index contributed by atoms with van der Waals surface area (Å²) in [5.74, 6) is 0.690. The smallest absolute Gasteiger partial charge is 0.348 e. The van der Waals surface area contributed by atoms with Crippen LogP contribution in [0.15, 0.2) is 54.7 Å². The molecular formula is C25H23N3O5S. The average molecular weight is 478 g/mol. The van der Waals surface area contributed by atoms with Crippen molar-refractivity contribution in [2.45, 2.75) is 20.8 Å². The number of methoxy groups -OCH3 is 1. The van der Waals surface area contributed by atoms with Crippen LogP contribution in [0.2, 0.25) is 0 Å². The molecule has 0 saturated heterocycles. The minimum absolute atomic E-state index is 0.0604. The Morgan fingerprint density at radius 1 is 1.09 bits per heavy atom. The molecule has 8 nitrogen and oxygen atoms in total. The van der Waals surface area contributed by atoms with Crippen LogP contribution in [0.4, 0.5) is 21.9 Å². The van der Waals surface area contributed by atoms with Gasteiger partial charge in [0.1, 0.15) is 15.5 Å². The van der Waals surface area contributed by atoms with Crippen molar-refractivity contribution in [1.82, 2.24) is 4.98 Å². The van der Waals surface area contributed by atoms with Crippen molar-refractivity contribution in [1.29, 1.82) is 0 Å². The van der Waals surface area contributed by atoms with Gasteiger partial charge in [-0.1, -0.05) is 26.0 Å². The number of aromatic nitrogens is 1. The highest BCUT2D eigenvalue weighted by molar-refractivity contribution is 7.21. The van der Waals surface area contributed by atoms with E-state index in [1.54, 1.807) is 31.5 Å². The molecule has 1 aliphatic rings. The van der Waals surface area contributed by atoms with Crippen LogP contribution in [0.25, 0.3) is 10.2 Å². The summed E-state index contributed by atoms with van der Waals surface area (Å²) >= 11 is 1.04. The van der Waals surface area contributed by atoms with Gasteiger partial charge in [-0.05, 0) is 48.9 Å². The first-order valence-electron chi connectivity index (χ1n) is 10.7. The van der Waals surface area contributed by atoms with E-state index in [9.17, 15) is 14.7 Å². The number of thiophene rings is 1. The highest BCUT2D eigenvalue weighted by Gasteiger charge is 2.33. The normalized spacial score (nSPS) is 12.0. The van der Waals surface area contributed by atoms with Gasteiger partial charge in [-0.15, -0.1) is 11.3 Å². The number of anilines is 3. The Morgan fingerprint density at radius 3 is 2.50 bits per heavy atom. The number of aryl methyl sites for hydroxylation is 1. The lowest BCUT2D eigenvalue weighted by molar-refractivity contribution is 0.0703. The second-order valence-electron chi connectivity index (χ2n) is 7.09. The fourth-order valence-corrected chi connectivity index (χ4v) is 4.70. The second kappa shape index (κ2) is 9.40. The first-order valence-corrected chi connectivity index (χ1v) is 11.5. The zero-order valence-corrected chi connectivity index (χ0v) is 19.9. The Bertz CT molecular complexity index is 1400. The number of nitrogens with one attached hydrogen (secondary N) is 1. The Balaban J connectivity index is 0.00000133. The predicted octanol–water partition coefficient (Wildman–Crippen LogP) is 6.81. The third-order valence-electron chi connectivity index (χ3n) is 5.15. The molecule has 1 aliphatic heterocycles. The molecule has 34 heavy (non-hydrogen) atoms. The first kappa shape index (κ1) is 23.1. The van der Waals surface area contributed by atoms with Crippen molar-refractivity contribution in [3.8, 4) is 17.2 Å². The number of carbonyl (C=O) groups is 2. The fraction of sp³-hybridized carbons (Fsp3) is 0.160. The van der Waals surface area contributed by atoms with Crippen LogP contribution in [0, 0.1) is 6.92 Å². The van der Waals surface area contributed by atoms with Gasteiger partial charge in [-0.3, -0.25) is 4.90 Å². The number of carboxylic acid groups (broad SMARTS) is 1. The number of aromatic carboxylic acids is 1. The van der Waals surface area contributed by atoms with Crippen molar-refractivity contribution in [3.63, 3.8) is 0 Å². The van der Waals surface area contributed by atoms with Gasteiger partial charge in [0.15, 0.2) is 11.5 Å². The largest absolute Gasteiger partial charge is 0.493 e. The van der Waals surface area contributed by atoms with Gasteiger partial charge in [-0.2, -0.15) is 0 Å². The minimum atomic E-state index is -1.10. The molecule has 5 rings (SSSR count). The van der Waals surface area contributed by atoms with Crippen LogP contribution in [0.3, 0.4) is 0 Å². The number of benzene rings is 2. The number of amides is 2. The van der Waals surface area contributed by atoms with E-state index in [1.807, 2.05) is 51.1 Å². The molecule has 0 radical (unpaired) electrons. The number of urea groups is 1. The van der Waals surface area contributed by atoms with Gasteiger partial charge in [-0.25, -0.2) is 14.6 Å². The molecule has 174 valence electrons. The van der Waals surface area contributed by atoms with Gasteiger partial charge in [0, 0.05) is 6.20 Å². The summed E-state index contributed by atoms with van der Waals surface area (Å²) in [5.41, 5.74) is 2.32. The summed E-state index contributed by atoms with van der Waals surface area (Å²) in [5, 5.41) is 12.9. The first-order chi connectivity index (χ1) is 16.5. The summed E-state index contributed by atoms with van der Waals surface area (Å²) in [4.78, 5) is 31.1. The molecule has 0 atom stereocenters. The van der Waals surface area contributed by atoms with Crippen LogP contribution in [0.5, 0.6) is 17.2 Å². The molecule has 0 saturated carbocycles. The van der Waals surface area contributed by atoms with E-state index in [-0.39, 0.29) is 10.6 Å². The Kier molecular flexibility index (Phi) is 6.38. The third kappa shape index (κ3) is 3.90. The predicted molar refractivity (Wildman–Crippen MR) is 133 cm³/mol. The Hall–Kier alpha value is -4.11. The molecule has 0 unspecified atom stereocenters. The molecule has 0 spiro atoms. The number of ether oxygens (including phenoxy) is 2. The lowest BCUT2D eigenvalue weighted by Gasteiger charge is -2.29. The van der Waals surface area contributed by atoms with Crippen LogP contribution >= 0.6 is 11.3 Å². The van der Waals surface area contributed by atoms with Crippen molar-refractivity contribution in [2.24, 2.45) is 0 Å². The van der Waals surface area contributed by atoms with E-state index < -0.39 is 12.0 Å². The number of carboxylic acids is 1. The number of hydrogen-bond donors (Lipinski definition) is 2. The van der Waals surface area contributed by atoms with Crippen molar-refractivity contribution >= 4 is 50.6 Å².